The van der Waals surface area contributed by atoms with Gasteiger partial charge >= 0.3 is 5.97 Å². The molecular weight excluding hydrogens is 320 g/mol. The number of halogens is 1. The molecule has 2 aromatic carbocycles. The van der Waals surface area contributed by atoms with E-state index in [1.165, 1.54) is 12.7 Å². The Morgan fingerprint density at radius 1 is 1.05 bits per heavy atom. The number of carbonyl (C=O) groups is 1. The molecule has 0 heterocycles. The van der Waals surface area contributed by atoms with Gasteiger partial charge in [-0.1, -0.05) is 18.2 Å². The van der Waals surface area contributed by atoms with E-state index in [0.29, 0.717) is 5.56 Å². The number of carbonyl (C=O) groups excluding carboxylic acids is 1. The molecule has 0 N–H and O–H groups in total. The fraction of sp³-hybridized carbons (Fsp3) is 0.188. The maximum absolute atomic E-state index is 11.5. The highest BCUT2D eigenvalue weighted by molar-refractivity contribution is 9.10. The van der Waals surface area contributed by atoms with Crippen LogP contribution in [0.25, 0.3) is 0 Å². The molecule has 20 heavy (non-hydrogen) atoms. The number of hydrogen-bond acceptors (Lipinski definition) is 3. The van der Waals surface area contributed by atoms with Gasteiger partial charge in [0.15, 0.2) is 0 Å². The molecule has 104 valence electrons. The number of benzene rings is 2. The summed E-state index contributed by atoms with van der Waals surface area (Å²) in [6.45, 7) is 0. The Kier molecular flexibility index (Phi) is 4.79. The quantitative estimate of drug-likeness (QED) is 0.797. The monoisotopic (exact) mass is 334 g/mol. The average Bonchev–Trinajstić information content (AvgIpc) is 2.47. The van der Waals surface area contributed by atoms with Crippen LogP contribution < -0.4 is 4.74 Å². The topological polar surface area (TPSA) is 35.5 Å². The van der Waals surface area contributed by atoms with Crippen LogP contribution in [0.1, 0.15) is 21.5 Å². The van der Waals surface area contributed by atoms with Crippen molar-refractivity contribution in [3.05, 3.63) is 63.6 Å². The van der Waals surface area contributed by atoms with Crippen molar-refractivity contribution in [1.29, 1.82) is 0 Å². The zero-order valence-corrected chi connectivity index (χ0v) is 12.9. The van der Waals surface area contributed by atoms with Crippen molar-refractivity contribution < 1.29 is 14.3 Å². The Bertz CT molecular complexity index is 606. The van der Waals surface area contributed by atoms with Crippen LogP contribution in [-0.2, 0) is 11.2 Å². The number of esters is 1. The van der Waals surface area contributed by atoms with Crippen LogP contribution in [0.4, 0.5) is 0 Å². The second-order valence-electron chi connectivity index (χ2n) is 4.33. The first-order chi connectivity index (χ1) is 9.63. The van der Waals surface area contributed by atoms with Crippen LogP contribution in [0.3, 0.4) is 0 Å². The minimum absolute atomic E-state index is 0.340. The highest BCUT2D eigenvalue weighted by Crippen LogP contribution is 2.22. The van der Waals surface area contributed by atoms with Crippen molar-refractivity contribution in [3.8, 4) is 5.75 Å². The van der Waals surface area contributed by atoms with E-state index in [0.717, 1.165) is 22.2 Å². The first-order valence-electron chi connectivity index (χ1n) is 6.13. The highest BCUT2D eigenvalue weighted by Gasteiger charge is 2.10. The van der Waals surface area contributed by atoms with E-state index in [9.17, 15) is 4.79 Å². The van der Waals surface area contributed by atoms with Crippen molar-refractivity contribution in [1.82, 2.24) is 0 Å². The van der Waals surface area contributed by atoms with Gasteiger partial charge in [0.25, 0.3) is 0 Å². The Morgan fingerprint density at radius 2 is 1.70 bits per heavy atom. The van der Waals surface area contributed by atoms with E-state index in [-0.39, 0.29) is 5.97 Å². The standard InChI is InChI=1S/C16H15BrO3/c1-19-13-6-3-11(4-7-13)9-12-5-8-14(15(17)10-12)16(18)20-2/h3-8,10H,9H2,1-2H3. The molecule has 2 rings (SSSR count). The fourth-order valence-corrected chi connectivity index (χ4v) is 2.51. The molecule has 0 bridgehead atoms. The van der Waals surface area contributed by atoms with E-state index >= 15 is 0 Å². The Morgan fingerprint density at radius 3 is 2.25 bits per heavy atom. The van der Waals surface area contributed by atoms with Gasteiger partial charge in [-0.05, 0) is 57.7 Å². The Hall–Kier alpha value is -1.81. The van der Waals surface area contributed by atoms with Gasteiger partial charge < -0.3 is 9.47 Å². The summed E-state index contributed by atoms with van der Waals surface area (Å²) in [7, 11) is 3.03. The lowest BCUT2D eigenvalue weighted by Crippen LogP contribution is -2.02. The van der Waals surface area contributed by atoms with E-state index < -0.39 is 0 Å². The molecule has 0 fully saturated rings. The largest absolute Gasteiger partial charge is 0.497 e. The minimum atomic E-state index is -0.340. The van der Waals surface area contributed by atoms with Crippen LogP contribution in [0, 0.1) is 0 Å². The molecule has 0 amide bonds. The smallest absolute Gasteiger partial charge is 0.338 e. The summed E-state index contributed by atoms with van der Waals surface area (Å²) in [6.07, 6.45) is 0.796. The van der Waals surface area contributed by atoms with Crippen molar-refractivity contribution in [2.45, 2.75) is 6.42 Å². The van der Waals surface area contributed by atoms with Gasteiger partial charge in [0.1, 0.15) is 5.75 Å². The van der Waals surface area contributed by atoms with E-state index in [1.807, 2.05) is 36.4 Å². The molecule has 4 heteroatoms. The Balaban J connectivity index is 2.17. The molecule has 0 radical (unpaired) electrons. The third kappa shape index (κ3) is 3.39. The van der Waals surface area contributed by atoms with E-state index in [1.54, 1.807) is 13.2 Å². The molecule has 0 spiro atoms. The van der Waals surface area contributed by atoms with Crippen molar-refractivity contribution >= 4 is 21.9 Å². The van der Waals surface area contributed by atoms with Gasteiger partial charge in [-0.2, -0.15) is 0 Å². The molecule has 0 aliphatic rings. The van der Waals surface area contributed by atoms with Crippen LogP contribution in [-0.4, -0.2) is 20.2 Å². The van der Waals surface area contributed by atoms with Crippen LogP contribution in [0.5, 0.6) is 5.75 Å². The minimum Gasteiger partial charge on any atom is -0.497 e. The number of methoxy groups -OCH3 is 2. The van der Waals surface area contributed by atoms with Crippen LogP contribution in [0.15, 0.2) is 46.9 Å². The molecule has 0 saturated carbocycles. The van der Waals surface area contributed by atoms with Crippen molar-refractivity contribution in [2.24, 2.45) is 0 Å². The zero-order chi connectivity index (χ0) is 14.5. The number of rotatable bonds is 4. The maximum Gasteiger partial charge on any atom is 0.338 e. The predicted molar refractivity (Wildman–Crippen MR) is 81.3 cm³/mol. The average molecular weight is 335 g/mol. The predicted octanol–water partition coefficient (Wildman–Crippen LogP) is 3.84. The molecule has 0 aromatic heterocycles. The molecule has 0 atom stereocenters. The lowest BCUT2D eigenvalue weighted by Gasteiger charge is -2.07. The summed E-state index contributed by atoms with van der Waals surface area (Å²) >= 11 is 3.40. The highest BCUT2D eigenvalue weighted by atomic mass is 79.9. The summed E-state index contributed by atoms with van der Waals surface area (Å²) in [5.41, 5.74) is 2.84. The summed E-state index contributed by atoms with van der Waals surface area (Å²) in [5, 5.41) is 0. The first kappa shape index (κ1) is 14.6. The third-order valence-corrected chi connectivity index (χ3v) is 3.66. The van der Waals surface area contributed by atoms with Gasteiger partial charge in [0, 0.05) is 4.47 Å². The summed E-state index contributed by atoms with van der Waals surface area (Å²) < 4.78 is 10.6. The number of ether oxygens (including phenoxy) is 2. The molecule has 2 aromatic rings. The number of hydrogen-bond donors (Lipinski definition) is 0. The van der Waals surface area contributed by atoms with Crippen molar-refractivity contribution in [3.63, 3.8) is 0 Å². The summed E-state index contributed by atoms with van der Waals surface area (Å²) in [4.78, 5) is 11.5. The normalized spacial score (nSPS) is 10.2. The molecule has 0 aliphatic carbocycles. The molecule has 3 nitrogen and oxygen atoms in total. The van der Waals surface area contributed by atoms with Gasteiger partial charge in [-0.15, -0.1) is 0 Å². The summed E-state index contributed by atoms with van der Waals surface area (Å²) in [6, 6.07) is 13.6. The summed E-state index contributed by atoms with van der Waals surface area (Å²) in [5.74, 6) is 0.504. The van der Waals surface area contributed by atoms with Gasteiger partial charge in [-0.3, -0.25) is 0 Å². The lowest BCUT2D eigenvalue weighted by atomic mass is 10.0. The van der Waals surface area contributed by atoms with Crippen LogP contribution in [0.2, 0.25) is 0 Å². The fourth-order valence-electron chi connectivity index (χ4n) is 1.92. The third-order valence-electron chi connectivity index (χ3n) is 3.01. The SMILES string of the molecule is COC(=O)c1ccc(Cc2ccc(OC)cc2)cc1Br. The Labute approximate surface area is 126 Å². The van der Waals surface area contributed by atoms with E-state index in [2.05, 4.69) is 15.9 Å². The lowest BCUT2D eigenvalue weighted by molar-refractivity contribution is 0.0599. The molecule has 0 saturated heterocycles. The van der Waals surface area contributed by atoms with Gasteiger partial charge in [0.2, 0.25) is 0 Å². The second-order valence-corrected chi connectivity index (χ2v) is 5.18. The van der Waals surface area contributed by atoms with Gasteiger partial charge in [-0.25, -0.2) is 4.79 Å². The second kappa shape index (κ2) is 6.57. The molecular formula is C16H15BrO3. The van der Waals surface area contributed by atoms with Gasteiger partial charge in [0.05, 0.1) is 19.8 Å². The maximum atomic E-state index is 11.5. The molecule has 0 aliphatic heterocycles. The molecule has 0 unspecified atom stereocenters. The van der Waals surface area contributed by atoms with Crippen molar-refractivity contribution in [2.75, 3.05) is 14.2 Å². The first-order valence-corrected chi connectivity index (χ1v) is 6.93. The van der Waals surface area contributed by atoms with Crippen LogP contribution >= 0.6 is 15.9 Å². The zero-order valence-electron chi connectivity index (χ0n) is 11.4. The van der Waals surface area contributed by atoms with E-state index in [4.69, 9.17) is 9.47 Å².